The van der Waals surface area contributed by atoms with Crippen LogP contribution in [0.4, 0.5) is 17.5 Å². The van der Waals surface area contributed by atoms with E-state index in [1.807, 2.05) is 37.2 Å². The number of para-hydroxylation sites is 1. The van der Waals surface area contributed by atoms with Crippen molar-refractivity contribution in [3.05, 3.63) is 52.0 Å². The molecular formula is C26H33BrN6S. The van der Waals surface area contributed by atoms with Gasteiger partial charge in [-0.3, -0.25) is 0 Å². The van der Waals surface area contributed by atoms with E-state index in [2.05, 4.69) is 63.9 Å². The molecule has 1 fully saturated rings. The molecule has 8 heteroatoms. The molecular weight excluding hydrogens is 508 g/mol. The number of thiocarbonyl (C=S) groups is 1. The van der Waals surface area contributed by atoms with Gasteiger partial charge in [-0.2, -0.15) is 4.98 Å². The molecule has 0 amide bonds. The van der Waals surface area contributed by atoms with E-state index in [0.29, 0.717) is 17.1 Å². The molecule has 0 aliphatic heterocycles. The Bertz CT molecular complexity index is 1150. The number of fused-ring (bicyclic) bond motifs is 1. The van der Waals surface area contributed by atoms with Gasteiger partial charge >= 0.3 is 0 Å². The number of halogens is 1. The van der Waals surface area contributed by atoms with Crippen LogP contribution in [0.15, 0.2) is 40.9 Å². The van der Waals surface area contributed by atoms with Crippen LogP contribution in [0, 0.1) is 19.8 Å². The van der Waals surface area contributed by atoms with E-state index in [0.717, 1.165) is 65.1 Å². The fourth-order valence-electron chi connectivity index (χ4n) is 4.66. The van der Waals surface area contributed by atoms with Crippen LogP contribution in [0.5, 0.6) is 0 Å². The van der Waals surface area contributed by atoms with Gasteiger partial charge in [-0.25, -0.2) is 4.98 Å². The van der Waals surface area contributed by atoms with Crippen molar-refractivity contribution in [2.24, 2.45) is 5.92 Å². The monoisotopic (exact) mass is 540 g/mol. The van der Waals surface area contributed by atoms with Crippen molar-refractivity contribution in [2.75, 3.05) is 36.2 Å². The SMILES string of the molecule is Cc1cc(Br)cc(C)c1NC(=S)NCC1CCC(Nc2nc(N(C)C)c3ccccc3n2)CC1. The maximum absolute atomic E-state index is 5.57. The third-order valence-corrected chi connectivity index (χ3v) is 7.18. The Morgan fingerprint density at radius 1 is 1.06 bits per heavy atom. The molecule has 3 N–H and O–H groups in total. The van der Waals surface area contributed by atoms with Crippen molar-refractivity contribution < 1.29 is 0 Å². The summed E-state index contributed by atoms with van der Waals surface area (Å²) in [5.74, 6) is 2.28. The second kappa shape index (κ2) is 10.9. The van der Waals surface area contributed by atoms with Gasteiger partial charge in [0, 0.05) is 42.2 Å². The van der Waals surface area contributed by atoms with Crippen molar-refractivity contribution in [1.29, 1.82) is 0 Å². The first-order valence-corrected chi connectivity index (χ1v) is 13.0. The molecule has 34 heavy (non-hydrogen) atoms. The smallest absolute Gasteiger partial charge is 0.225 e. The first-order chi connectivity index (χ1) is 16.3. The van der Waals surface area contributed by atoms with Gasteiger partial charge in [-0.1, -0.05) is 28.1 Å². The Labute approximate surface area is 216 Å². The standard InChI is InChI=1S/C26H33BrN6S/c1-16-13-19(27)14-17(2)23(16)31-26(34)28-15-18-9-11-20(12-10-18)29-25-30-22-8-6-5-7-21(22)24(32-25)33(3)4/h5-8,13-14,18,20H,9-12,15H2,1-4H3,(H2,28,31,34)(H,29,30,32). The number of anilines is 3. The minimum absolute atomic E-state index is 0.394. The molecule has 0 radical (unpaired) electrons. The Morgan fingerprint density at radius 3 is 2.41 bits per heavy atom. The lowest BCUT2D eigenvalue weighted by atomic mass is 9.86. The van der Waals surface area contributed by atoms with Crippen LogP contribution in [0.2, 0.25) is 0 Å². The minimum atomic E-state index is 0.394. The molecule has 6 nitrogen and oxygen atoms in total. The third kappa shape index (κ3) is 5.96. The average molecular weight is 542 g/mol. The fourth-order valence-corrected chi connectivity index (χ4v) is 5.53. The lowest BCUT2D eigenvalue weighted by molar-refractivity contribution is 0.336. The quantitative estimate of drug-likeness (QED) is 0.329. The van der Waals surface area contributed by atoms with Crippen molar-refractivity contribution in [1.82, 2.24) is 15.3 Å². The van der Waals surface area contributed by atoms with E-state index in [1.165, 1.54) is 11.1 Å². The molecule has 0 bridgehead atoms. The average Bonchev–Trinajstić information content (AvgIpc) is 2.80. The Balaban J connectivity index is 1.28. The van der Waals surface area contributed by atoms with Crippen LogP contribution < -0.4 is 20.9 Å². The Kier molecular flexibility index (Phi) is 7.88. The number of rotatable bonds is 6. The van der Waals surface area contributed by atoms with Gasteiger partial charge in [0.1, 0.15) is 5.82 Å². The highest BCUT2D eigenvalue weighted by Crippen LogP contribution is 2.29. The molecule has 4 rings (SSSR count). The van der Waals surface area contributed by atoms with Crippen LogP contribution in [0.3, 0.4) is 0 Å². The summed E-state index contributed by atoms with van der Waals surface area (Å²) >= 11 is 9.12. The van der Waals surface area contributed by atoms with Gasteiger partial charge in [0.15, 0.2) is 5.11 Å². The van der Waals surface area contributed by atoms with Gasteiger partial charge in [-0.15, -0.1) is 0 Å². The first-order valence-electron chi connectivity index (χ1n) is 11.8. The summed E-state index contributed by atoms with van der Waals surface area (Å²) in [6.07, 6.45) is 4.51. The summed E-state index contributed by atoms with van der Waals surface area (Å²) in [5, 5.41) is 12.2. The molecule has 2 aromatic carbocycles. The highest BCUT2D eigenvalue weighted by atomic mass is 79.9. The summed E-state index contributed by atoms with van der Waals surface area (Å²) in [5.41, 5.74) is 4.41. The highest BCUT2D eigenvalue weighted by molar-refractivity contribution is 9.10. The van der Waals surface area contributed by atoms with Gasteiger partial charge in [0.25, 0.3) is 0 Å². The highest BCUT2D eigenvalue weighted by Gasteiger charge is 2.22. The maximum atomic E-state index is 5.57. The van der Waals surface area contributed by atoms with E-state index in [1.54, 1.807) is 0 Å². The van der Waals surface area contributed by atoms with Crippen LogP contribution in [-0.4, -0.2) is 41.8 Å². The number of benzene rings is 2. The zero-order chi connectivity index (χ0) is 24.2. The summed E-state index contributed by atoms with van der Waals surface area (Å²) < 4.78 is 1.09. The van der Waals surface area contributed by atoms with E-state index in [4.69, 9.17) is 22.2 Å². The van der Waals surface area contributed by atoms with E-state index in [9.17, 15) is 0 Å². The Hall–Kier alpha value is -2.45. The minimum Gasteiger partial charge on any atom is -0.362 e. The van der Waals surface area contributed by atoms with Crippen molar-refractivity contribution in [3.8, 4) is 0 Å². The predicted octanol–water partition coefficient (Wildman–Crippen LogP) is 6.03. The van der Waals surface area contributed by atoms with E-state index < -0.39 is 0 Å². The molecule has 1 heterocycles. The summed E-state index contributed by atoms with van der Waals surface area (Å²) in [4.78, 5) is 11.6. The molecule has 1 aliphatic rings. The predicted molar refractivity (Wildman–Crippen MR) is 151 cm³/mol. The zero-order valence-electron chi connectivity index (χ0n) is 20.3. The van der Waals surface area contributed by atoms with E-state index in [-0.39, 0.29) is 0 Å². The molecule has 0 spiro atoms. The second-order valence-corrected chi connectivity index (χ2v) is 10.7. The van der Waals surface area contributed by atoms with Gasteiger partial charge < -0.3 is 20.9 Å². The molecule has 1 aromatic heterocycles. The van der Waals surface area contributed by atoms with Crippen molar-refractivity contribution >= 4 is 61.6 Å². The van der Waals surface area contributed by atoms with Gasteiger partial charge in [-0.05, 0) is 93.1 Å². The second-order valence-electron chi connectivity index (χ2n) is 9.39. The normalized spacial score (nSPS) is 17.9. The molecule has 0 unspecified atom stereocenters. The summed E-state index contributed by atoms with van der Waals surface area (Å²) in [6.45, 7) is 5.08. The third-order valence-electron chi connectivity index (χ3n) is 6.47. The number of nitrogens with zero attached hydrogens (tertiary/aromatic N) is 3. The summed E-state index contributed by atoms with van der Waals surface area (Å²) in [6, 6.07) is 12.8. The summed E-state index contributed by atoms with van der Waals surface area (Å²) in [7, 11) is 4.05. The molecule has 0 saturated heterocycles. The van der Waals surface area contributed by atoms with Crippen molar-refractivity contribution in [3.63, 3.8) is 0 Å². The fraction of sp³-hybridized carbons (Fsp3) is 0.423. The molecule has 3 aromatic rings. The number of hydrogen-bond donors (Lipinski definition) is 3. The molecule has 1 aliphatic carbocycles. The van der Waals surface area contributed by atoms with Crippen LogP contribution in [0.1, 0.15) is 36.8 Å². The Morgan fingerprint density at radius 2 is 1.74 bits per heavy atom. The van der Waals surface area contributed by atoms with Crippen molar-refractivity contribution in [2.45, 2.75) is 45.6 Å². The number of hydrogen-bond acceptors (Lipinski definition) is 5. The molecule has 1 saturated carbocycles. The number of nitrogens with one attached hydrogen (secondary N) is 3. The lowest BCUT2D eigenvalue weighted by Gasteiger charge is -2.30. The zero-order valence-corrected chi connectivity index (χ0v) is 22.7. The lowest BCUT2D eigenvalue weighted by Crippen LogP contribution is -2.36. The molecule has 0 atom stereocenters. The topological polar surface area (TPSA) is 65.1 Å². The first kappa shape index (κ1) is 24.7. The van der Waals surface area contributed by atoms with Crippen LogP contribution in [0.25, 0.3) is 10.9 Å². The number of aromatic nitrogens is 2. The maximum Gasteiger partial charge on any atom is 0.225 e. The van der Waals surface area contributed by atoms with Crippen LogP contribution >= 0.6 is 28.1 Å². The van der Waals surface area contributed by atoms with Gasteiger partial charge in [0.2, 0.25) is 5.95 Å². The largest absolute Gasteiger partial charge is 0.362 e. The van der Waals surface area contributed by atoms with Crippen LogP contribution in [-0.2, 0) is 0 Å². The number of aryl methyl sites for hydroxylation is 2. The van der Waals surface area contributed by atoms with Gasteiger partial charge in [0.05, 0.1) is 5.52 Å². The molecule has 180 valence electrons. The van der Waals surface area contributed by atoms with E-state index >= 15 is 0 Å².